The van der Waals surface area contributed by atoms with Gasteiger partial charge in [-0.05, 0) is 36.2 Å². The molecule has 132 valence electrons. The Hall–Kier alpha value is -1.90. The summed E-state index contributed by atoms with van der Waals surface area (Å²) in [5.41, 5.74) is 1.27. The first-order chi connectivity index (χ1) is 12.0. The normalized spacial score (nSPS) is 15.3. The third kappa shape index (κ3) is 5.04. The Morgan fingerprint density at radius 3 is 2.48 bits per heavy atom. The van der Waals surface area contributed by atoms with E-state index in [1.807, 2.05) is 18.2 Å². The van der Waals surface area contributed by atoms with E-state index in [1.165, 1.54) is 5.56 Å². The summed E-state index contributed by atoms with van der Waals surface area (Å²) in [6.45, 7) is 1.86. The van der Waals surface area contributed by atoms with E-state index in [4.69, 9.17) is 0 Å². The van der Waals surface area contributed by atoms with Crippen LogP contribution in [0.5, 0.6) is 0 Å². The molecule has 1 aliphatic rings. The predicted molar refractivity (Wildman–Crippen MR) is 102 cm³/mol. The standard InChI is InChI=1S/C17H19BrN4O2S/c18-15-6-8-16(9-7-15)25(23,24)21-17-19-12-22(13-20-17)11-10-14-4-2-1-3-5-14/h1-9H,10-13H2,(H2,19,20,21). The van der Waals surface area contributed by atoms with Crippen LogP contribution in [0.1, 0.15) is 5.56 Å². The number of rotatable bonds is 5. The first kappa shape index (κ1) is 17.9. The molecule has 0 radical (unpaired) electrons. The molecule has 0 saturated heterocycles. The Morgan fingerprint density at radius 2 is 1.84 bits per heavy atom. The number of halogens is 1. The summed E-state index contributed by atoms with van der Waals surface area (Å²) < 4.78 is 28.0. The lowest BCUT2D eigenvalue weighted by molar-refractivity contribution is 0.267. The van der Waals surface area contributed by atoms with Crippen LogP contribution in [0.25, 0.3) is 0 Å². The van der Waals surface area contributed by atoms with Gasteiger partial charge in [0.1, 0.15) is 0 Å². The fourth-order valence-electron chi connectivity index (χ4n) is 2.41. The zero-order chi connectivity index (χ0) is 17.7. The average molecular weight is 423 g/mol. The monoisotopic (exact) mass is 422 g/mol. The second-order valence-corrected chi connectivity index (χ2v) is 8.27. The molecule has 1 heterocycles. The highest BCUT2D eigenvalue weighted by Crippen LogP contribution is 2.14. The van der Waals surface area contributed by atoms with Gasteiger partial charge in [-0.15, -0.1) is 0 Å². The number of aliphatic imine (C=N–C) groups is 1. The van der Waals surface area contributed by atoms with Gasteiger partial charge in [-0.2, -0.15) is 0 Å². The lowest BCUT2D eigenvalue weighted by Gasteiger charge is -2.27. The largest absolute Gasteiger partial charge is 0.343 e. The van der Waals surface area contributed by atoms with Gasteiger partial charge >= 0.3 is 0 Å². The molecule has 8 heteroatoms. The van der Waals surface area contributed by atoms with E-state index < -0.39 is 10.0 Å². The lowest BCUT2D eigenvalue weighted by Crippen LogP contribution is -2.50. The fourth-order valence-corrected chi connectivity index (χ4v) is 3.68. The third-order valence-electron chi connectivity index (χ3n) is 3.81. The number of hydrogen-bond acceptors (Lipinski definition) is 5. The first-order valence-electron chi connectivity index (χ1n) is 7.86. The van der Waals surface area contributed by atoms with Crippen LogP contribution < -0.4 is 10.0 Å². The molecule has 0 bridgehead atoms. The van der Waals surface area contributed by atoms with Gasteiger partial charge in [0.05, 0.1) is 18.2 Å². The van der Waals surface area contributed by atoms with Crippen molar-refractivity contribution in [2.75, 3.05) is 19.9 Å². The minimum atomic E-state index is -3.63. The summed E-state index contributed by atoms with van der Waals surface area (Å²) in [7, 11) is -3.63. The van der Waals surface area contributed by atoms with E-state index in [9.17, 15) is 8.42 Å². The van der Waals surface area contributed by atoms with Gasteiger partial charge in [0.15, 0.2) is 0 Å². The molecule has 0 aliphatic carbocycles. The zero-order valence-electron chi connectivity index (χ0n) is 13.5. The smallest absolute Gasteiger partial charge is 0.264 e. The van der Waals surface area contributed by atoms with E-state index in [0.29, 0.717) is 13.3 Å². The van der Waals surface area contributed by atoms with Crippen molar-refractivity contribution in [3.05, 3.63) is 64.6 Å². The van der Waals surface area contributed by atoms with E-state index in [1.54, 1.807) is 24.3 Å². The van der Waals surface area contributed by atoms with Crippen LogP contribution in [0.15, 0.2) is 69.0 Å². The van der Waals surface area contributed by atoms with Crippen molar-refractivity contribution in [3.8, 4) is 0 Å². The van der Waals surface area contributed by atoms with Gasteiger partial charge in [0, 0.05) is 11.0 Å². The van der Waals surface area contributed by atoms with Gasteiger partial charge in [-0.25, -0.2) is 18.1 Å². The lowest BCUT2D eigenvalue weighted by atomic mass is 10.1. The van der Waals surface area contributed by atoms with E-state index >= 15 is 0 Å². The van der Waals surface area contributed by atoms with Crippen molar-refractivity contribution >= 4 is 31.9 Å². The molecular weight excluding hydrogens is 404 g/mol. The van der Waals surface area contributed by atoms with Crippen LogP contribution in [0.2, 0.25) is 0 Å². The molecule has 2 aromatic carbocycles. The maximum atomic E-state index is 12.3. The fraction of sp³-hybridized carbons (Fsp3) is 0.235. The van der Waals surface area contributed by atoms with Crippen molar-refractivity contribution in [3.63, 3.8) is 0 Å². The number of benzene rings is 2. The molecular formula is C17H19BrN4O2S. The molecule has 3 rings (SSSR count). The second kappa shape index (κ2) is 7.99. The third-order valence-corrected chi connectivity index (χ3v) is 5.70. The Kier molecular flexibility index (Phi) is 5.72. The molecule has 2 N–H and O–H groups in total. The molecule has 0 spiro atoms. The first-order valence-corrected chi connectivity index (χ1v) is 10.1. The molecule has 0 amide bonds. The van der Waals surface area contributed by atoms with Crippen molar-refractivity contribution in [1.82, 2.24) is 14.9 Å². The summed E-state index contributed by atoms with van der Waals surface area (Å²) >= 11 is 3.29. The number of guanidine groups is 1. The number of sulfonamides is 1. The maximum absolute atomic E-state index is 12.3. The SMILES string of the molecule is O=S(=O)(NC1=NCN(CCc2ccccc2)CN1)c1ccc(Br)cc1. The van der Waals surface area contributed by atoms with Gasteiger partial charge in [0.25, 0.3) is 10.0 Å². The summed E-state index contributed by atoms with van der Waals surface area (Å²) in [5, 5.41) is 3.02. The van der Waals surface area contributed by atoms with E-state index in [2.05, 4.69) is 48.0 Å². The molecule has 0 fully saturated rings. The number of hydrogen-bond donors (Lipinski definition) is 2. The van der Waals surface area contributed by atoms with E-state index in [0.717, 1.165) is 17.4 Å². The minimum absolute atomic E-state index is 0.201. The summed E-state index contributed by atoms with van der Waals surface area (Å²) in [6, 6.07) is 16.7. The highest BCUT2D eigenvalue weighted by Gasteiger charge is 2.19. The summed E-state index contributed by atoms with van der Waals surface area (Å²) in [6.07, 6.45) is 0.929. The highest BCUT2D eigenvalue weighted by molar-refractivity contribution is 9.10. The summed E-state index contributed by atoms with van der Waals surface area (Å²) in [4.78, 5) is 6.60. The topological polar surface area (TPSA) is 73.8 Å². The number of nitrogens with one attached hydrogen (secondary N) is 2. The predicted octanol–water partition coefficient (Wildman–Crippen LogP) is 2.15. The molecule has 0 saturated carbocycles. The molecule has 0 aromatic heterocycles. The molecule has 6 nitrogen and oxygen atoms in total. The number of nitrogens with zero attached hydrogens (tertiary/aromatic N) is 2. The van der Waals surface area contributed by atoms with Crippen molar-refractivity contribution in [2.24, 2.45) is 4.99 Å². The molecule has 0 atom stereocenters. The quantitative estimate of drug-likeness (QED) is 0.773. The Morgan fingerprint density at radius 1 is 1.12 bits per heavy atom. The van der Waals surface area contributed by atoms with Gasteiger partial charge in [-0.3, -0.25) is 4.90 Å². The van der Waals surface area contributed by atoms with Gasteiger partial charge < -0.3 is 5.32 Å². The van der Waals surface area contributed by atoms with Crippen LogP contribution in [0.3, 0.4) is 0 Å². The molecule has 2 aromatic rings. The van der Waals surface area contributed by atoms with Crippen molar-refractivity contribution < 1.29 is 8.42 Å². The average Bonchev–Trinajstić information content (AvgIpc) is 2.62. The van der Waals surface area contributed by atoms with Crippen LogP contribution in [-0.4, -0.2) is 39.2 Å². The Balaban J connectivity index is 1.55. The molecule has 1 aliphatic heterocycles. The van der Waals surface area contributed by atoms with Gasteiger partial charge in [0.2, 0.25) is 5.96 Å². The molecule has 0 unspecified atom stereocenters. The maximum Gasteiger partial charge on any atom is 0.264 e. The van der Waals surface area contributed by atoms with Gasteiger partial charge in [-0.1, -0.05) is 46.3 Å². The Labute approximate surface area is 156 Å². The Bertz CT molecular complexity index is 839. The van der Waals surface area contributed by atoms with Crippen LogP contribution in [0, 0.1) is 0 Å². The zero-order valence-corrected chi connectivity index (χ0v) is 15.9. The van der Waals surface area contributed by atoms with Crippen molar-refractivity contribution in [1.29, 1.82) is 0 Å². The minimum Gasteiger partial charge on any atom is -0.343 e. The second-order valence-electron chi connectivity index (χ2n) is 5.67. The van der Waals surface area contributed by atoms with Crippen LogP contribution >= 0.6 is 15.9 Å². The van der Waals surface area contributed by atoms with Crippen LogP contribution in [0.4, 0.5) is 0 Å². The highest BCUT2D eigenvalue weighted by atomic mass is 79.9. The summed E-state index contributed by atoms with van der Waals surface area (Å²) in [5.74, 6) is 0.277. The molecule has 25 heavy (non-hydrogen) atoms. The van der Waals surface area contributed by atoms with E-state index in [-0.39, 0.29) is 10.9 Å². The van der Waals surface area contributed by atoms with Crippen molar-refractivity contribution in [2.45, 2.75) is 11.3 Å². The van der Waals surface area contributed by atoms with Crippen LogP contribution in [-0.2, 0) is 16.4 Å².